The summed E-state index contributed by atoms with van der Waals surface area (Å²) in [6.07, 6.45) is 1.46. The van der Waals surface area contributed by atoms with Crippen molar-refractivity contribution in [3.05, 3.63) is 77.2 Å². The van der Waals surface area contributed by atoms with E-state index in [0.717, 1.165) is 11.0 Å². The minimum atomic E-state index is -3.36. The number of nitrogens with zero attached hydrogens (tertiary/aromatic N) is 1. The predicted molar refractivity (Wildman–Crippen MR) is 102 cm³/mol. The zero-order valence-corrected chi connectivity index (χ0v) is 15.7. The van der Waals surface area contributed by atoms with Crippen LogP contribution >= 0.6 is 0 Å². The number of phenols is 1. The van der Waals surface area contributed by atoms with Gasteiger partial charge in [-0.15, -0.1) is 0 Å². The van der Waals surface area contributed by atoms with E-state index in [2.05, 4.69) is 0 Å². The fourth-order valence-electron chi connectivity index (χ4n) is 2.86. The predicted octanol–water partition coefficient (Wildman–Crippen LogP) is 1.89. The van der Waals surface area contributed by atoms with Crippen LogP contribution in [0.25, 0.3) is 0 Å². The van der Waals surface area contributed by atoms with Crippen LogP contribution in [0.15, 0.2) is 66.1 Å². The molecule has 1 heterocycles. The number of phenolic OH excluding ortho intramolecular Hbond substituents is 1. The van der Waals surface area contributed by atoms with E-state index in [1.807, 2.05) is 30.3 Å². The molecule has 7 nitrogen and oxygen atoms in total. The van der Waals surface area contributed by atoms with Gasteiger partial charge in [-0.25, -0.2) is 13.2 Å². The van der Waals surface area contributed by atoms with Crippen LogP contribution in [0.4, 0.5) is 0 Å². The minimum Gasteiger partial charge on any atom is -0.507 e. The molecule has 2 aromatic rings. The quantitative estimate of drug-likeness (QED) is 0.742. The monoisotopic (exact) mass is 401 g/mol. The van der Waals surface area contributed by atoms with Gasteiger partial charge in [-0.3, -0.25) is 4.79 Å². The maximum absolute atomic E-state index is 12.7. The van der Waals surface area contributed by atoms with Gasteiger partial charge in [0.15, 0.2) is 16.4 Å². The summed E-state index contributed by atoms with van der Waals surface area (Å²) in [5.74, 6) is -1.81. The Hall–Kier alpha value is -3.13. The lowest BCUT2D eigenvalue weighted by atomic mass is 10.1. The van der Waals surface area contributed by atoms with Gasteiger partial charge in [0.05, 0.1) is 11.8 Å². The Labute approximate surface area is 162 Å². The first-order valence-corrected chi connectivity index (χ1v) is 10.3. The van der Waals surface area contributed by atoms with Gasteiger partial charge in [-0.1, -0.05) is 42.5 Å². The average Bonchev–Trinajstić information content (AvgIpc) is 3.04. The molecule has 0 radical (unpaired) electrons. The zero-order chi connectivity index (χ0) is 20.1. The first kappa shape index (κ1) is 19.6. The minimum absolute atomic E-state index is 0.0479. The third kappa shape index (κ3) is 4.77. The number of hydrogen-bond acceptors (Lipinski definition) is 6. The third-order valence-electron chi connectivity index (χ3n) is 4.28. The molecule has 3 rings (SSSR count). The van der Waals surface area contributed by atoms with Gasteiger partial charge in [-0.2, -0.15) is 0 Å². The first-order valence-electron chi connectivity index (χ1n) is 8.55. The van der Waals surface area contributed by atoms with E-state index in [9.17, 15) is 23.1 Å². The Balaban J connectivity index is 1.72. The third-order valence-corrected chi connectivity index (χ3v) is 5.66. The number of esters is 1. The van der Waals surface area contributed by atoms with E-state index in [4.69, 9.17) is 4.74 Å². The van der Waals surface area contributed by atoms with Crippen LogP contribution in [0.5, 0.6) is 5.75 Å². The van der Waals surface area contributed by atoms with Gasteiger partial charge in [0.2, 0.25) is 0 Å². The summed E-state index contributed by atoms with van der Waals surface area (Å²) >= 11 is 0. The molecule has 1 atom stereocenters. The second-order valence-corrected chi connectivity index (χ2v) is 8.26. The molecule has 2 aromatic carbocycles. The molecule has 0 aromatic heterocycles. The highest BCUT2D eigenvalue weighted by Gasteiger charge is 2.31. The van der Waals surface area contributed by atoms with E-state index in [-0.39, 0.29) is 23.6 Å². The number of hydrogen-bond donors (Lipinski definition) is 1. The second kappa shape index (κ2) is 8.26. The first-order chi connectivity index (χ1) is 13.4. The molecule has 28 heavy (non-hydrogen) atoms. The largest absolute Gasteiger partial charge is 0.507 e. The summed E-state index contributed by atoms with van der Waals surface area (Å²) in [7, 11) is -3.36. The van der Waals surface area contributed by atoms with Crippen molar-refractivity contribution in [1.82, 2.24) is 4.90 Å². The highest BCUT2D eigenvalue weighted by Crippen LogP contribution is 2.19. The van der Waals surface area contributed by atoms with Gasteiger partial charge < -0.3 is 14.7 Å². The Morgan fingerprint density at radius 1 is 1.07 bits per heavy atom. The molecule has 1 amide bonds. The fourth-order valence-corrected chi connectivity index (χ4v) is 4.16. The zero-order valence-electron chi connectivity index (χ0n) is 14.9. The molecule has 1 aliphatic rings. The molecule has 0 saturated carbocycles. The van der Waals surface area contributed by atoms with E-state index < -0.39 is 34.4 Å². The molecule has 0 saturated heterocycles. The molecule has 0 unspecified atom stereocenters. The summed E-state index contributed by atoms with van der Waals surface area (Å²) < 4.78 is 28.6. The highest BCUT2D eigenvalue weighted by molar-refractivity contribution is 7.94. The molecule has 0 fully saturated rings. The number of aromatic hydroxyl groups is 1. The Bertz CT molecular complexity index is 1000. The summed E-state index contributed by atoms with van der Waals surface area (Å²) in [4.78, 5) is 26.2. The van der Waals surface area contributed by atoms with Crippen molar-refractivity contribution in [1.29, 1.82) is 0 Å². The Kier molecular flexibility index (Phi) is 5.79. The molecular weight excluding hydrogens is 382 g/mol. The topological polar surface area (TPSA) is 101 Å². The van der Waals surface area contributed by atoms with E-state index >= 15 is 0 Å². The van der Waals surface area contributed by atoms with E-state index in [1.165, 1.54) is 23.1 Å². The lowest BCUT2D eigenvalue weighted by Gasteiger charge is -2.27. The maximum atomic E-state index is 12.7. The van der Waals surface area contributed by atoms with Gasteiger partial charge in [0, 0.05) is 12.0 Å². The number of ether oxygens (including phenoxy) is 1. The lowest BCUT2D eigenvalue weighted by Crippen LogP contribution is -2.42. The normalized spacial score (nSPS) is 17.2. The Morgan fingerprint density at radius 3 is 2.39 bits per heavy atom. The molecule has 0 bridgehead atoms. The molecule has 0 spiro atoms. The van der Waals surface area contributed by atoms with Gasteiger partial charge in [0.25, 0.3) is 5.91 Å². The van der Waals surface area contributed by atoms with Gasteiger partial charge in [0.1, 0.15) is 11.3 Å². The number of carbonyl (C=O) groups is 2. The number of sulfone groups is 1. The SMILES string of the molecule is O=C(OCC(=O)N(Cc1ccccc1)[C@@H]1C=CS(=O)(=O)C1)c1ccccc1O. The van der Waals surface area contributed by atoms with Crippen LogP contribution in [0.3, 0.4) is 0 Å². The van der Waals surface area contributed by atoms with Crippen molar-refractivity contribution in [2.24, 2.45) is 0 Å². The summed E-state index contributed by atoms with van der Waals surface area (Å²) in [6, 6.07) is 14.3. The number of benzene rings is 2. The van der Waals surface area contributed by atoms with Crippen LogP contribution < -0.4 is 0 Å². The van der Waals surface area contributed by atoms with Crippen molar-refractivity contribution in [2.75, 3.05) is 12.4 Å². The van der Waals surface area contributed by atoms with Crippen molar-refractivity contribution in [3.8, 4) is 5.75 Å². The number of amides is 1. The average molecular weight is 401 g/mol. The van der Waals surface area contributed by atoms with Crippen molar-refractivity contribution in [3.63, 3.8) is 0 Å². The molecule has 1 N–H and O–H groups in total. The number of carbonyl (C=O) groups excluding carboxylic acids is 2. The second-order valence-electron chi connectivity index (χ2n) is 6.33. The van der Waals surface area contributed by atoms with Gasteiger partial charge >= 0.3 is 5.97 Å². The number of rotatable bonds is 6. The molecule has 1 aliphatic heterocycles. The summed E-state index contributed by atoms with van der Waals surface area (Å²) in [6.45, 7) is -0.386. The van der Waals surface area contributed by atoms with Gasteiger partial charge in [-0.05, 0) is 23.8 Å². The standard InChI is InChI=1S/C20H19NO6S/c22-18-9-5-4-8-17(18)20(24)27-13-19(23)21(12-15-6-2-1-3-7-15)16-10-11-28(25,26)14-16/h1-11,16,22H,12-14H2/t16-/m1/s1. The highest BCUT2D eigenvalue weighted by atomic mass is 32.2. The fraction of sp³-hybridized carbons (Fsp3) is 0.200. The van der Waals surface area contributed by atoms with Crippen molar-refractivity contribution in [2.45, 2.75) is 12.6 Å². The van der Waals surface area contributed by atoms with E-state index in [0.29, 0.717) is 0 Å². The van der Waals surface area contributed by atoms with Crippen molar-refractivity contribution >= 4 is 21.7 Å². The number of para-hydroxylation sites is 1. The lowest BCUT2D eigenvalue weighted by molar-refractivity contribution is -0.136. The molecule has 0 aliphatic carbocycles. The Morgan fingerprint density at radius 2 is 1.75 bits per heavy atom. The molecule has 8 heteroatoms. The van der Waals surface area contributed by atoms with Crippen LogP contribution in [-0.2, 0) is 25.9 Å². The smallest absolute Gasteiger partial charge is 0.342 e. The summed E-state index contributed by atoms with van der Waals surface area (Å²) in [5, 5.41) is 10.8. The van der Waals surface area contributed by atoms with Crippen molar-refractivity contribution < 1.29 is 27.9 Å². The van der Waals surface area contributed by atoms with E-state index in [1.54, 1.807) is 12.1 Å². The molecule has 146 valence electrons. The van der Waals surface area contributed by atoms with Crippen LogP contribution in [-0.4, -0.2) is 48.7 Å². The van der Waals surface area contributed by atoms with Crippen LogP contribution in [0, 0.1) is 0 Å². The van der Waals surface area contributed by atoms with Crippen LogP contribution in [0.2, 0.25) is 0 Å². The molecular formula is C20H19NO6S. The maximum Gasteiger partial charge on any atom is 0.342 e. The van der Waals surface area contributed by atoms with Crippen LogP contribution in [0.1, 0.15) is 15.9 Å². The summed E-state index contributed by atoms with van der Waals surface area (Å²) in [5.41, 5.74) is 0.772.